The van der Waals surface area contributed by atoms with E-state index in [1.54, 1.807) is 7.16 Å². The van der Waals surface area contributed by atoms with Gasteiger partial charge in [-0.25, -0.2) is 0 Å². The molecule has 0 atom stereocenters. The van der Waals surface area contributed by atoms with Crippen LogP contribution >= 0.6 is 0 Å². The minimum atomic E-state index is -0.570. The number of aryl methyl sites for hydroxylation is 2. The van der Waals surface area contributed by atoms with E-state index in [0.717, 1.165) is 0 Å². The first kappa shape index (κ1) is 10.7. The molecule has 0 radical (unpaired) electrons. The predicted octanol–water partition coefficient (Wildman–Crippen LogP) is 1.96. The van der Waals surface area contributed by atoms with Crippen LogP contribution in [0.25, 0.3) is 0 Å². The van der Waals surface area contributed by atoms with Crippen molar-refractivity contribution < 1.29 is 0 Å². The molecule has 0 aromatic heterocycles. The molecule has 15 heavy (non-hydrogen) atoms. The van der Waals surface area contributed by atoms with Crippen molar-refractivity contribution >= 4 is 28.3 Å². The molecule has 0 aliphatic carbocycles. The molecule has 0 N–H and O–H groups in total. The summed E-state index contributed by atoms with van der Waals surface area (Å²) < 4.78 is 3.12. The quantitative estimate of drug-likeness (QED) is 0.744. The van der Waals surface area contributed by atoms with Crippen molar-refractivity contribution in [3.63, 3.8) is 0 Å². The van der Waals surface area contributed by atoms with Gasteiger partial charge in [0.05, 0.1) is 0 Å². The molecule has 0 fully saturated rings. The second-order valence-electron chi connectivity index (χ2n) is 3.86. The maximum atomic E-state index is 2.33. The van der Waals surface area contributed by atoms with Crippen LogP contribution in [0, 0.1) is 13.8 Å². The van der Waals surface area contributed by atoms with Crippen LogP contribution in [0.5, 0.6) is 0 Å². The van der Waals surface area contributed by atoms with Gasteiger partial charge in [0.15, 0.2) is 0 Å². The van der Waals surface area contributed by atoms with Crippen molar-refractivity contribution in [1.29, 1.82) is 0 Å². The van der Waals surface area contributed by atoms with E-state index in [1.807, 2.05) is 0 Å². The zero-order valence-corrected chi connectivity index (χ0v) is 12.0. The summed E-state index contributed by atoms with van der Waals surface area (Å²) in [6.07, 6.45) is 0. The Bertz CT molecular complexity index is 417. The molecule has 2 rings (SSSR count). The van der Waals surface area contributed by atoms with E-state index in [-0.39, 0.29) is 0 Å². The van der Waals surface area contributed by atoms with Gasteiger partial charge < -0.3 is 0 Å². The molecule has 1 heteroatoms. The molecule has 0 saturated heterocycles. The summed E-state index contributed by atoms with van der Waals surface area (Å²) in [5.41, 5.74) is 2.75. The van der Waals surface area contributed by atoms with Crippen LogP contribution in [0.3, 0.4) is 0 Å². The van der Waals surface area contributed by atoms with Crippen molar-refractivity contribution in [2.24, 2.45) is 0 Å². The first-order valence-corrected chi connectivity index (χ1v) is 8.00. The Labute approximate surface area is 102 Å². The van der Waals surface area contributed by atoms with E-state index in [1.165, 1.54) is 11.1 Å². The van der Waals surface area contributed by atoms with Gasteiger partial charge >= 0.3 is 102 Å². The van der Waals surface area contributed by atoms with Gasteiger partial charge in [-0.05, 0) is 0 Å². The molecule has 0 heterocycles. The fourth-order valence-electron chi connectivity index (χ4n) is 1.61. The third-order valence-electron chi connectivity index (χ3n) is 2.32. The number of rotatable bonds is 2. The van der Waals surface area contributed by atoms with E-state index in [0.29, 0.717) is 0 Å². The summed E-state index contributed by atoms with van der Waals surface area (Å²) in [5, 5.41) is 0. The number of hydrogen-bond donors (Lipinski definition) is 0. The standard InChI is InChI=1S/2C7H7.Sn/c2*1-7-5-3-2-4-6-7;/h2*2-3,5-6H,1H3;/q;;+2. The SMILES string of the molecule is Cc1ccc[c]([Sn+2][c]2cccc(C)c2)c1. The average molecular weight is 301 g/mol. The zero-order chi connectivity index (χ0) is 10.7. The Morgan fingerprint density at radius 1 is 0.733 bits per heavy atom. The summed E-state index contributed by atoms with van der Waals surface area (Å²) in [5.74, 6) is 0. The number of benzene rings is 2. The zero-order valence-electron chi connectivity index (χ0n) is 9.12. The van der Waals surface area contributed by atoms with Gasteiger partial charge in [0.25, 0.3) is 0 Å². The van der Waals surface area contributed by atoms with Crippen molar-refractivity contribution in [3.8, 4) is 0 Å². The molecular weight excluding hydrogens is 287 g/mol. The molecule has 0 nitrogen and oxygen atoms in total. The van der Waals surface area contributed by atoms with Crippen LogP contribution in [0.15, 0.2) is 48.5 Å². The molecule has 0 bridgehead atoms. The molecule has 0 saturated carbocycles. The van der Waals surface area contributed by atoms with E-state index in [2.05, 4.69) is 62.4 Å². The third kappa shape index (κ3) is 3.10. The van der Waals surface area contributed by atoms with E-state index >= 15 is 0 Å². The summed E-state index contributed by atoms with van der Waals surface area (Å²) in [4.78, 5) is 0. The van der Waals surface area contributed by atoms with Gasteiger partial charge in [0, 0.05) is 0 Å². The second kappa shape index (κ2) is 4.84. The number of hydrogen-bond acceptors (Lipinski definition) is 0. The van der Waals surface area contributed by atoms with Crippen LogP contribution in [-0.2, 0) is 0 Å². The predicted molar refractivity (Wildman–Crippen MR) is 67.4 cm³/mol. The minimum absolute atomic E-state index is 0.570. The van der Waals surface area contributed by atoms with Crippen LogP contribution in [0.2, 0.25) is 0 Å². The maximum absolute atomic E-state index is 2.33. The van der Waals surface area contributed by atoms with Crippen molar-refractivity contribution in [3.05, 3.63) is 59.7 Å². The second-order valence-corrected chi connectivity index (χ2v) is 7.87. The third-order valence-corrected chi connectivity index (χ3v) is 5.75. The summed E-state index contributed by atoms with van der Waals surface area (Å²) >= 11 is -0.570. The van der Waals surface area contributed by atoms with Crippen LogP contribution < -0.4 is 7.16 Å². The molecule has 0 unspecified atom stereocenters. The van der Waals surface area contributed by atoms with Gasteiger partial charge in [0.2, 0.25) is 0 Å². The molecule has 0 amide bonds. The molecular formula is C14H14Sn+2. The normalized spacial score (nSPS) is 9.73. The monoisotopic (exact) mass is 302 g/mol. The van der Waals surface area contributed by atoms with Crippen LogP contribution in [0.1, 0.15) is 11.1 Å². The van der Waals surface area contributed by atoms with Gasteiger partial charge in [-0.1, -0.05) is 0 Å². The first-order chi connectivity index (χ1) is 7.24. The molecule has 2 aromatic rings. The summed E-state index contributed by atoms with van der Waals surface area (Å²) in [7, 11) is 0. The van der Waals surface area contributed by atoms with Gasteiger partial charge in [0.1, 0.15) is 0 Å². The fourth-order valence-corrected chi connectivity index (χ4v) is 5.30. The molecule has 72 valence electrons. The average Bonchev–Trinajstić information content (AvgIpc) is 2.17. The Balaban J connectivity index is 2.22. The van der Waals surface area contributed by atoms with Crippen LogP contribution in [0.4, 0.5) is 0 Å². The van der Waals surface area contributed by atoms with Crippen molar-refractivity contribution in [1.82, 2.24) is 0 Å². The topological polar surface area (TPSA) is 0 Å². The van der Waals surface area contributed by atoms with Gasteiger partial charge in [-0.3, -0.25) is 0 Å². The van der Waals surface area contributed by atoms with Crippen molar-refractivity contribution in [2.45, 2.75) is 13.8 Å². The Kier molecular flexibility index (Phi) is 3.47. The van der Waals surface area contributed by atoms with Crippen molar-refractivity contribution in [2.75, 3.05) is 0 Å². The molecule has 2 aromatic carbocycles. The first-order valence-electron chi connectivity index (χ1n) is 5.14. The Morgan fingerprint density at radius 3 is 1.60 bits per heavy atom. The van der Waals surface area contributed by atoms with E-state index in [4.69, 9.17) is 0 Å². The van der Waals surface area contributed by atoms with E-state index < -0.39 is 21.1 Å². The molecule has 0 aliphatic rings. The fraction of sp³-hybridized carbons (Fsp3) is 0.143. The van der Waals surface area contributed by atoms with Gasteiger partial charge in [-0.15, -0.1) is 0 Å². The van der Waals surface area contributed by atoms with Crippen LogP contribution in [-0.4, -0.2) is 21.1 Å². The summed E-state index contributed by atoms with van der Waals surface area (Å²) in [6, 6.07) is 17.9. The van der Waals surface area contributed by atoms with Gasteiger partial charge in [-0.2, -0.15) is 0 Å². The Morgan fingerprint density at radius 2 is 1.20 bits per heavy atom. The molecule has 0 aliphatic heterocycles. The Hall–Kier alpha value is -0.761. The molecule has 0 spiro atoms. The van der Waals surface area contributed by atoms with E-state index in [9.17, 15) is 0 Å². The summed E-state index contributed by atoms with van der Waals surface area (Å²) in [6.45, 7) is 4.33.